The van der Waals surface area contributed by atoms with Gasteiger partial charge in [0.2, 0.25) is 0 Å². The lowest BCUT2D eigenvalue weighted by Gasteiger charge is -2.41. The van der Waals surface area contributed by atoms with Crippen LogP contribution in [0, 0.1) is 11.3 Å². The Balaban J connectivity index is 1.90. The average Bonchev–Trinajstić information content (AvgIpc) is 2.38. The van der Waals surface area contributed by atoms with Crippen LogP contribution < -0.4 is 5.73 Å². The largest absolute Gasteiger partial charge is 0.393 e. The molecule has 0 spiro atoms. The second kappa shape index (κ2) is 5.65. The van der Waals surface area contributed by atoms with Crippen molar-refractivity contribution in [3.63, 3.8) is 0 Å². The minimum absolute atomic E-state index is 0.0682. The highest BCUT2D eigenvalue weighted by Gasteiger charge is 2.35. The van der Waals surface area contributed by atoms with Gasteiger partial charge in [0.15, 0.2) is 0 Å². The van der Waals surface area contributed by atoms with Gasteiger partial charge in [0.25, 0.3) is 0 Å². The molecule has 0 aromatic heterocycles. The summed E-state index contributed by atoms with van der Waals surface area (Å²) in [4.78, 5) is 17.0. The van der Waals surface area contributed by atoms with E-state index in [1.54, 1.807) is 0 Å². The maximum Gasteiger partial charge on any atom is 0.320 e. The molecule has 0 aromatic rings. The van der Waals surface area contributed by atoms with Crippen LogP contribution in [0.5, 0.6) is 0 Å². The Morgan fingerprint density at radius 2 is 1.89 bits per heavy atom. The van der Waals surface area contributed by atoms with Gasteiger partial charge in [-0.15, -0.1) is 0 Å². The third-order valence-electron chi connectivity index (χ3n) is 4.66. The fraction of sp³-hybridized carbons (Fsp3) is 0.857. The highest BCUT2D eigenvalue weighted by molar-refractivity contribution is 7.80. The van der Waals surface area contributed by atoms with Crippen molar-refractivity contribution in [1.82, 2.24) is 9.80 Å². The Morgan fingerprint density at radius 1 is 1.26 bits per heavy atom. The van der Waals surface area contributed by atoms with Crippen LogP contribution in [0.2, 0.25) is 0 Å². The van der Waals surface area contributed by atoms with Crippen LogP contribution in [0.15, 0.2) is 0 Å². The molecule has 0 radical (unpaired) electrons. The lowest BCUT2D eigenvalue weighted by molar-refractivity contribution is 0.110. The number of carbonyl (C=O) groups excluding carboxylic acids is 1. The molecule has 0 aliphatic carbocycles. The van der Waals surface area contributed by atoms with Gasteiger partial charge in [-0.2, -0.15) is 0 Å². The Morgan fingerprint density at radius 3 is 2.42 bits per heavy atom. The summed E-state index contributed by atoms with van der Waals surface area (Å²) in [6.45, 7) is 7.70. The minimum atomic E-state index is -0.0682. The molecule has 108 valence electrons. The van der Waals surface area contributed by atoms with E-state index in [-0.39, 0.29) is 11.4 Å². The van der Waals surface area contributed by atoms with Crippen LogP contribution >= 0.6 is 12.2 Å². The zero-order chi connectivity index (χ0) is 14.0. The summed E-state index contributed by atoms with van der Waals surface area (Å²) in [7, 11) is 0. The highest BCUT2D eigenvalue weighted by atomic mass is 32.1. The second-order valence-corrected chi connectivity index (χ2v) is 6.83. The normalized spacial score (nSPS) is 27.2. The molecule has 0 bridgehead atoms. The fourth-order valence-electron chi connectivity index (χ4n) is 3.00. The van der Waals surface area contributed by atoms with Gasteiger partial charge >= 0.3 is 6.03 Å². The smallest absolute Gasteiger partial charge is 0.320 e. The molecule has 2 fully saturated rings. The van der Waals surface area contributed by atoms with Crippen LogP contribution in [0.25, 0.3) is 0 Å². The SMILES string of the molecule is CC1CCCN(C(=O)N2CCC(C)(C(N)=S)CC2)C1. The maximum absolute atomic E-state index is 12.5. The Hall–Kier alpha value is -0.840. The maximum atomic E-state index is 12.5. The first-order valence-electron chi connectivity index (χ1n) is 7.26. The number of thiocarbonyl (C=S) groups is 1. The standard InChI is InChI=1S/C14H25N3OS/c1-11-4-3-7-17(10-11)13(18)16-8-5-14(2,6-9-16)12(15)19/h11H,3-10H2,1-2H3,(H2,15,19). The van der Waals surface area contributed by atoms with Gasteiger partial charge in [-0.25, -0.2) is 4.79 Å². The predicted molar refractivity (Wildman–Crippen MR) is 81.1 cm³/mol. The number of urea groups is 1. The quantitative estimate of drug-likeness (QED) is 0.751. The van der Waals surface area contributed by atoms with Crippen LogP contribution in [-0.2, 0) is 0 Å². The number of nitrogens with two attached hydrogens (primary N) is 1. The van der Waals surface area contributed by atoms with E-state index in [0.717, 1.165) is 45.4 Å². The van der Waals surface area contributed by atoms with Crippen molar-refractivity contribution in [1.29, 1.82) is 0 Å². The number of nitrogens with zero attached hydrogens (tertiary/aromatic N) is 2. The summed E-state index contributed by atoms with van der Waals surface area (Å²) in [6.07, 6.45) is 4.14. The van der Waals surface area contributed by atoms with Crippen molar-refractivity contribution in [3.05, 3.63) is 0 Å². The van der Waals surface area contributed by atoms with E-state index in [4.69, 9.17) is 18.0 Å². The molecule has 4 nitrogen and oxygen atoms in total. The third kappa shape index (κ3) is 3.19. The molecule has 0 aromatic carbocycles. The number of amides is 2. The van der Waals surface area contributed by atoms with Crippen LogP contribution in [-0.4, -0.2) is 47.0 Å². The van der Waals surface area contributed by atoms with Gasteiger partial charge in [0.05, 0.1) is 4.99 Å². The summed E-state index contributed by atoms with van der Waals surface area (Å²) in [5, 5.41) is 0. The average molecular weight is 283 g/mol. The van der Waals surface area contributed by atoms with Gasteiger partial charge in [-0.1, -0.05) is 26.1 Å². The first-order chi connectivity index (χ1) is 8.92. The van der Waals surface area contributed by atoms with Crippen molar-refractivity contribution in [3.8, 4) is 0 Å². The van der Waals surface area contributed by atoms with E-state index >= 15 is 0 Å². The van der Waals surface area contributed by atoms with E-state index in [1.807, 2.05) is 9.80 Å². The summed E-state index contributed by atoms with van der Waals surface area (Å²) in [5.41, 5.74) is 5.73. The first kappa shape index (κ1) is 14.6. The van der Waals surface area contributed by atoms with Crippen LogP contribution in [0.3, 0.4) is 0 Å². The molecule has 1 atom stereocenters. The Labute approximate surface area is 121 Å². The summed E-state index contributed by atoms with van der Waals surface area (Å²) in [6, 6.07) is 0.205. The van der Waals surface area contributed by atoms with Gasteiger partial charge in [0, 0.05) is 31.6 Å². The zero-order valence-electron chi connectivity index (χ0n) is 12.0. The fourth-order valence-corrected chi connectivity index (χ4v) is 3.21. The molecule has 2 amide bonds. The van der Waals surface area contributed by atoms with E-state index < -0.39 is 0 Å². The molecule has 5 heteroatoms. The first-order valence-corrected chi connectivity index (χ1v) is 7.67. The molecule has 2 aliphatic rings. The summed E-state index contributed by atoms with van der Waals surface area (Å²) < 4.78 is 0. The number of carbonyl (C=O) groups is 1. The topological polar surface area (TPSA) is 49.6 Å². The summed E-state index contributed by atoms with van der Waals surface area (Å²) in [5.74, 6) is 0.629. The molecular weight excluding hydrogens is 258 g/mol. The van der Waals surface area contributed by atoms with Crippen molar-refractivity contribution in [2.75, 3.05) is 26.2 Å². The molecule has 2 heterocycles. The summed E-state index contributed by atoms with van der Waals surface area (Å²) >= 11 is 5.14. The number of likely N-dealkylation sites (tertiary alicyclic amines) is 2. The molecule has 2 saturated heterocycles. The second-order valence-electron chi connectivity index (χ2n) is 6.39. The lowest BCUT2D eigenvalue weighted by Crippen LogP contribution is -2.52. The van der Waals surface area contributed by atoms with E-state index in [2.05, 4.69) is 13.8 Å². The van der Waals surface area contributed by atoms with Crippen molar-refractivity contribution in [2.45, 2.75) is 39.5 Å². The molecule has 2 aliphatic heterocycles. The minimum Gasteiger partial charge on any atom is -0.393 e. The van der Waals surface area contributed by atoms with Gasteiger partial charge < -0.3 is 15.5 Å². The van der Waals surface area contributed by atoms with Crippen molar-refractivity contribution < 1.29 is 4.79 Å². The van der Waals surface area contributed by atoms with Crippen LogP contribution in [0.4, 0.5) is 4.79 Å². The molecular formula is C14H25N3OS. The van der Waals surface area contributed by atoms with E-state index in [9.17, 15) is 4.79 Å². The molecule has 19 heavy (non-hydrogen) atoms. The molecule has 0 saturated carbocycles. The molecule has 2 rings (SSSR count). The highest BCUT2D eigenvalue weighted by Crippen LogP contribution is 2.31. The monoisotopic (exact) mass is 283 g/mol. The van der Waals surface area contributed by atoms with Crippen molar-refractivity contribution >= 4 is 23.2 Å². The Kier molecular flexibility index (Phi) is 4.33. The number of piperidine rings is 2. The predicted octanol–water partition coefficient (Wildman–Crippen LogP) is 2.23. The number of rotatable bonds is 1. The number of hydrogen-bond acceptors (Lipinski definition) is 2. The van der Waals surface area contributed by atoms with E-state index in [0.29, 0.717) is 10.9 Å². The molecule has 2 N–H and O–H groups in total. The Bertz CT molecular complexity index is 364. The van der Waals surface area contributed by atoms with Crippen LogP contribution in [0.1, 0.15) is 39.5 Å². The third-order valence-corrected chi connectivity index (χ3v) is 5.15. The van der Waals surface area contributed by atoms with E-state index in [1.165, 1.54) is 6.42 Å². The van der Waals surface area contributed by atoms with Gasteiger partial charge in [-0.05, 0) is 31.6 Å². The van der Waals surface area contributed by atoms with Crippen molar-refractivity contribution in [2.24, 2.45) is 17.1 Å². The molecule has 1 unspecified atom stereocenters. The lowest BCUT2D eigenvalue weighted by atomic mass is 9.80. The van der Waals surface area contributed by atoms with Gasteiger partial charge in [-0.3, -0.25) is 0 Å². The number of hydrogen-bond donors (Lipinski definition) is 1. The zero-order valence-corrected chi connectivity index (χ0v) is 12.8. The van der Waals surface area contributed by atoms with Gasteiger partial charge in [0.1, 0.15) is 0 Å².